The number of allylic oxidation sites excluding steroid dienone is 7. The molecule has 0 saturated carbocycles. The van der Waals surface area contributed by atoms with Crippen LogP contribution in [0, 0.1) is 29.1 Å². The van der Waals surface area contributed by atoms with Crippen molar-refractivity contribution in [2.75, 3.05) is 0 Å². The first-order valence-corrected chi connectivity index (χ1v) is 7.25. The van der Waals surface area contributed by atoms with E-state index >= 15 is 0 Å². The molecular formula is C19H26FN. The summed E-state index contributed by atoms with van der Waals surface area (Å²) in [5, 5.41) is 9.45. The van der Waals surface area contributed by atoms with E-state index in [9.17, 15) is 9.65 Å². The summed E-state index contributed by atoms with van der Waals surface area (Å²) in [5.41, 5.74) is 2.21. The zero-order valence-corrected chi connectivity index (χ0v) is 13.6. The minimum Gasteiger partial charge on any atom is -0.207 e. The highest BCUT2D eigenvalue weighted by atomic mass is 19.1. The van der Waals surface area contributed by atoms with Gasteiger partial charge in [0.05, 0.1) is 12.0 Å². The SMILES string of the molecule is C=C/C(F)=C(C)/C(=C/C)C(C(=C)C(C)C=C)C(C#N)CC. The quantitative estimate of drug-likeness (QED) is 0.402. The lowest BCUT2D eigenvalue weighted by Gasteiger charge is -2.29. The molecule has 0 aromatic heterocycles. The van der Waals surface area contributed by atoms with Gasteiger partial charge in [0.15, 0.2) is 0 Å². The normalized spacial score (nSPS) is 17.0. The highest BCUT2D eigenvalue weighted by molar-refractivity contribution is 5.42. The predicted molar refractivity (Wildman–Crippen MR) is 89.1 cm³/mol. The Balaban J connectivity index is 6.02. The molecule has 0 aromatic carbocycles. The monoisotopic (exact) mass is 287 g/mol. The van der Waals surface area contributed by atoms with Gasteiger partial charge in [-0.2, -0.15) is 5.26 Å². The van der Waals surface area contributed by atoms with Crippen LogP contribution in [0.5, 0.6) is 0 Å². The maximum absolute atomic E-state index is 13.9. The van der Waals surface area contributed by atoms with Gasteiger partial charge in [-0.25, -0.2) is 4.39 Å². The van der Waals surface area contributed by atoms with Crippen LogP contribution >= 0.6 is 0 Å². The molecular weight excluding hydrogens is 261 g/mol. The zero-order valence-electron chi connectivity index (χ0n) is 13.6. The molecule has 0 amide bonds. The molecule has 0 spiro atoms. The largest absolute Gasteiger partial charge is 0.207 e. The Hall–Kier alpha value is -1.88. The van der Waals surface area contributed by atoms with Gasteiger partial charge in [0, 0.05) is 5.92 Å². The Bertz CT molecular complexity index is 502. The van der Waals surface area contributed by atoms with Crippen LogP contribution in [0.15, 0.2) is 60.5 Å². The molecule has 0 aromatic rings. The Morgan fingerprint density at radius 1 is 1.38 bits per heavy atom. The molecule has 0 rings (SSSR count). The van der Waals surface area contributed by atoms with Crippen LogP contribution in [-0.2, 0) is 0 Å². The average molecular weight is 287 g/mol. The smallest absolute Gasteiger partial charge is 0.125 e. The maximum Gasteiger partial charge on any atom is 0.125 e. The zero-order chi connectivity index (χ0) is 16.6. The number of nitriles is 1. The summed E-state index contributed by atoms with van der Waals surface area (Å²) in [6.45, 7) is 18.9. The number of nitrogens with zero attached hydrogens (tertiary/aromatic N) is 1. The first-order chi connectivity index (χ1) is 9.89. The highest BCUT2D eigenvalue weighted by Gasteiger charge is 2.29. The van der Waals surface area contributed by atoms with Gasteiger partial charge in [-0.15, -0.1) is 6.58 Å². The van der Waals surface area contributed by atoms with Crippen LogP contribution in [0.4, 0.5) is 4.39 Å². The number of halogens is 1. The van der Waals surface area contributed by atoms with Gasteiger partial charge in [0.1, 0.15) is 5.83 Å². The highest BCUT2D eigenvalue weighted by Crippen LogP contribution is 2.38. The van der Waals surface area contributed by atoms with E-state index in [1.165, 1.54) is 6.08 Å². The molecule has 0 aliphatic heterocycles. The van der Waals surface area contributed by atoms with Crippen molar-refractivity contribution in [2.45, 2.75) is 34.1 Å². The van der Waals surface area contributed by atoms with E-state index in [0.717, 1.165) is 11.1 Å². The molecule has 3 unspecified atom stereocenters. The molecule has 0 aliphatic rings. The van der Waals surface area contributed by atoms with Crippen molar-refractivity contribution < 1.29 is 4.39 Å². The summed E-state index contributed by atoms with van der Waals surface area (Å²) in [6.07, 6.45) is 5.55. The second kappa shape index (κ2) is 9.13. The van der Waals surface area contributed by atoms with Crippen molar-refractivity contribution >= 4 is 0 Å². The van der Waals surface area contributed by atoms with Crippen LogP contribution in [-0.4, -0.2) is 0 Å². The summed E-state index contributed by atoms with van der Waals surface area (Å²) in [6, 6.07) is 2.33. The molecule has 21 heavy (non-hydrogen) atoms. The Labute approximate surface area is 128 Å². The molecule has 114 valence electrons. The van der Waals surface area contributed by atoms with Crippen LogP contribution in [0.1, 0.15) is 34.1 Å². The van der Waals surface area contributed by atoms with Gasteiger partial charge in [-0.05, 0) is 43.4 Å². The van der Waals surface area contributed by atoms with Crippen molar-refractivity contribution in [3.8, 4) is 6.07 Å². The molecule has 0 fully saturated rings. The summed E-state index contributed by atoms with van der Waals surface area (Å²) >= 11 is 0. The second-order valence-corrected chi connectivity index (χ2v) is 5.14. The van der Waals surface area contributed by atoms with Crippen LogP contribution in [0.25, 0.3) is 0 Å². The fourth-order valence-corrected chi connectivity index (χ4v) is 2.43. The van der Waals surface area contributed by atoms with Crippen molar-refractivity contribution in [1.82, 2.24) is 0 Å². The molecule has 0 heterocycles. The van der Waals surface area contributed by atoms with Crippen LogP contribution in [0.3, 0.4) is 0 Å². The van der Waals surface area contributed by atoms with E-state index in [-0.39, 0.29) is 23.6 Å². The average Bonchev–Trinajstić information content (AvgIpc) is 2.52. The van der Waals surface area contributed by atoms with Gasteiger partial charge >= 0.3 is 0 Å². The fourth-order valence-electron chi connectivity index (χ4n) is 2.43. The molecule has 3 atom stereocenters. The minimum atomic E-state index is -0.361. The third-order valence-electron chi connectivity index (χ3n) is 3.96. The van der Waals surface area contributed by atoms with E-state index in [1.54, 1.807) is 13.0 Å². The van der Waals surface area contributed by atoms with Crippen LogP contribution < -0.4 is 0 Å². The number of rotatable bonds is 8. The van der Waals surface area contributed by atoms with Crippen molar-refractivity contribution in [1.29, 1.82) is 5.26 Å². The van der Waals surface area contributed by atoms with E-state index in [4.69, 9.17) is 0 Å². The molecule has 1 nitrogen and oxygen atoms in total. The fraction of sp³-hybridized carbons (Fsp3) is 0.421. The van der Waals surface area contributed by atoms with Crippen molar-refractivity contribution in [2.24, 2.45) is 17.8 Å². The molecule has 0 N–H and O–H groups in total. The van der Waals surface area contributed by atoms with Gasteiger partial charge in [-0.1, -0.05) is 44.7 Å². The van der Waals surface area contributed by atoms with Crippen molar-refractivity contribution in [3.05, 3.63) is 60.5 Å². The maximum atomic E-state index is 13.9. The third kappa shape index (κ3) is 4.56. The number of hydrogen-bond acceptors (Lipinski definition) is 1. The lowest BCUT2D eigenvalue weighted by Crippen LogP contribution is -2.21. The third-order valence-corrected chi connectivity index (χ3v) is 3.96. The topological polar surface area (TPSA) is 23.8 Å². The first-order valence-electron chi connectivity index (χ1n) is 7.25. The molecule has 0 bridgehead atoms. The summed E-state index contributed by atoms with van der Waals surface area (Å²) in [5.74, 6) is -0.741. The number of hydrogen-bond donors (Lipinski definition) is 0. The minimum absolute atomic E-state index is 0.0620. The van der Waals surface area contributed by atoms with Crippen molar-refractivity contribution in [3.63, 3.8) is 0 Å². The summed E-state index contributed by atoms with van der Waals surface area (Å²) < 4.78 is 13.9. The van der Waals surface area contributed by atoms with E-state index in [1.807, 2.05) is 26.8 Å². The Morgan fingerprint density at radius 2 is 1.95 bits per heavy atom. The molecule has 0 aliphatic carbocycles. The first kappa shape index (κ1) is 19.1. The molecule has 0 radical (unpaired) electrons. The standard InChI is InChI=1S/C19H26FN/c1-8-13(5)14(6)19(16(9-2)12-21)17(10-3)15(7)18(20)11-4/h8,10-11,13,16,19H,1,4,6,9H2,2-3,5,7H3/b17-10-,18-15-. The summed E-state index contributed by atoms with van der Waals surface area (Å²) in [4.78, 5) is 0. The van der Waals surface area contributed by atoms with E-state index < -0.39 is 0 Å². The molecule has 2 heteroatoms. The lowest BCUT2D eigenvalue weighted by molar-refractivity contribution is 0.481. The van der Waals surface area contributed by atoms with Gasteiger partial charge < -0.3 is 0 Å². The lowest BCUT2D eigenvalue weighted by atomic mass is 9.73. The Morgan fingerprint density at radius 3 is 2.29 bits per heavy atom. The second-order valence-electron chi connectivity index (χ2n) is 5.14. The predicted octanol–water partition coefficient (Wildman–Crippen LogP) is 5.91. The van der Waals surface area contributed by atoms with E-state index in [0.29, 0.717) is 12.0 Å². The van der Waals surface area contributed by atoms with Gasteiger partial charge in [0.25, 0.3) is 0 Å². The molecule has 0 saturated heterocycles. The van der Waals surface area contributed by atoms with E-state index in [2.05, 4.69) is 25.8 Å². The van der Waals surface area contributed by atoms with Gasteiger partial charge in [-0.3, -0.25) is 0 Å². The summed E-state index contributed by atoms with van der Waals surface area (Å²) in [7, 11) is 0. The van der Waals surface area contributed by atoms with Gasteiger partial charge in [0.2, 0.25) is 0 Å². The van der Waals surface area contributed by atoms with Crippen LogP contribution in [0.2, 0.25) is 0 Å². The Kier molecular flexibility index (Phi) is 8.31.